The van der Waals surface area contributed by atoms with Gasteiger partial charge < -0.3 is 4.42 Å². The van der Waals surface area contributed by atoms with Crippen LogP contribution in [0, 0.1) is 0 Å². The van der Waals surface area contributed by atoms with E-state index in [0.29, 0.717) is 0 Å². The van der Waals surface area contributed by atoms with Gasteiger partial charge in [0.1, 0.15) is 11.3 Å². The van der Waals surface area contributed by atoms with E-state index in [1.807, 2.05) is 29.1 Å². The van der Waals surface area contributed by atoms with Gasteiger partial charge in [-0.2, -0.15) is 0 Å². The van der Waals surface area contributed by atoms with Crippen molar-refractivity contribution in [1.82, 2.24) is 14.4 Å². The van der Waals surface area contributed by atoms with Crippen molar-refractivity contribution in [3.63, 3.8) is 0 Å². The molecule has 0 unspecified atom stereocenters. The van der Waals surface area contributed by atoms with Crippen LogP contribution in [-0.2, 0) is 6.54 Å². The summed E-state index contributed by atoms with van der Waals surface area (Å²) in [4.78, 5) is 8.54. The number of oxazole rings is 1. The summed E-state index contributed by atoms with van der Waals surface area (Å²) in [6, 6.07) is 6.09. The van der Waals surface area contributed by atoms with Gasteiger partial charge in [-0.05, 0) is 12.1 Å². The zero-order valence-electron chi connectivity index (χ0n) is 9.95. The quantitative estimate of drug-likeness (QED) is 0.393. The van der Waals surface area contributed by atoms with Gasteiger partial charge in [0.25, 0.3) is 11.2 Å². The van der Waals surface area contributed by atoms with E-state index in [2.05, 4.69) is 26.7 Å². The Morgan fingerprint density at radius 2 is 2.32 bits per heavy atom. The monoisotopic (exact) mass is 249 g/mol. The molecule has 5 rings (SSSR count). The van der Waals surface area contributed by atoms with Gasteiger partial charge in [0.05, 0.1) is 11.7 Å². The standard InChI is InChI=1S/C14H9N4O/c1-2-10-11(16-3-1)8-18-12-6-9-7-15-4-5-17(9)14(12)19-13(10)18/h1-7H,8H2/q+1. The molecule has 0 fully saturated rings. The Hall–Kier alpha value is -2.69. The van der Waals surface area contributed by atoms with Crippen LogP contribution < -0.4 is 4.57 Å². The molecule has 0 aliphatic carbocycles. The highest BCUT2D eigenvalue weighted by Gasteiger charge is 2.35. The second-order valence-corrected chi connectivity index (χ2v) is 4.70. The Kier molecular flexibility index (Phi) is 1.46. The number of pyridine rings is 1. The number of hydrogen-bond acceptors (Lipinski definition) is 3. The summed E-state index contributed by atoms with van der Waals surface area (Å²) < 4.78 is 10.2. The first-order valence-electron chi connectivity index (χ1n) is 6.13. The van der Waals surface area contributed by atoms with E-state index in [9.17, 15) is 0 Å². The fraction of sp³-hybridized carbons (Fsp3) is 0.0714. The molecule has 1 aliphatic heterocycles. The molecule has 5 heterocycles. The molecule has 0 bridgehead atoms. The lowest BCUT2D eigenvalue weighted by Gasteiger charge is -1.91. The molecule has 0 saturated carbocycles. The predicted octanol–water partition coefficient (Wildman–Crippen LogP) is 1.79. The van der Waals surface area contributed by atoms with E-state index >= 15 is 0 Å². The van der Waals surface area contributed by atoms with Crippen molar-refractivity contribution in [2.45, 2.75) is 6.54 Å². The SMILES string of the molecule is c1cnc2c(c1)-c1oc3c(cc4cnccn43)[n+]1C2. The second-order valence-electron chi connectivity index (χ2n) is 4.70. The molecule has 0 radical (unpaired) electrons. The number of nitrogens with zero attached hydrogens (tertiary/aromatic N) is 4. The minimum absolute atomic E-state index is 0.767. The van der Waals surface area contributed by atoms with Crippen molar-refractivity contribution >= 4 is 16.7 Å². The van der Waals surface area contributed by atoms with E-state index in [4.69, 9.17) is 4.42 Å². The topological polar surface area (TPSA) is 47.2 Å². The van der Waals surface area contributed by atoms with Crippen molar-refractivity contribution in [3.8, 4) is 11.5 Å². The molecule has 0 atom stereocenters. The largest absolute Gasteiger partial charge is 0.385 e. The third kappa shape index (κ3) is 1.03. The Morgan fingerprint density at radius 1 is 1.32 bits per heavy atom. The Balaban J connectivity index is 1.93. The van der Waals surface area contributed by atoms with Crippen LogP contribution in [0.5, 0.6) is 0 Å². The highest BCUT2D eigenvalue weighted by atomic mass is 16.4. The minimum atomic E-state index is 0.767. The van der Waals surface area contributed by atoms with Gasteiger partial charge in [-0.15, -0.1) is 4.57 Å². The summed E-state index contributed by atoms with van der Waals surface area (Å²) in [6.45, 7) is 0.767. The number of hydrogen-bond donors (Lipinski definition) is 0. The van der Waals surface area contributed by atoms with Crippen LogP contribution in [0.4, 0.5) is 0 Å². The van der Waals surface area contributed by atoms with Gasteiger partial charge >= 0.3 is 5.89 Å². The molecule has 5 nitrogen and oxygen atoms in total. The van der Waals surface area contributed by atoms with Crippen LogP contribution in [0.1, 0.15) is 5.69 Å². The lowest BCUT2D eigenvalue weighted by molar-refractivity contribution is -0.649. The fourth-order valence-electron chi connectivity index (χ4n) is 2.81. The molecule has 4 aromatic heterocycles. The minimum Gasteiger partial charge on any atom is -0.380 e. The molecular weight excluding hydrogens is 240 g/mol. The van der Waals surface area contributed by atoms with E-state index < -0.39 is 0 Å². The highest BCUT2D eigenvalue weighted by molar-refractivity contribution is 5.78. The van der Waals surface area contributed by atoms with Crippen LogP contribution in [0.15, 0.2) is 47.4 Å². The third-order valence-electron chi connectivity index (χ3n) is 3.67. The predicted molar refractivity (Wildman–Crippen MR) is 67.5 cm³/mol. The number of rotatable bonds is 0. The summed E-state index contributed by atoms with van der Waals surface area (Å²) in [5, 5.41) is 0. The van der Waals surface area contributed by atoms with Crippen LogP contribution in [0.25, 0.3) is 28.2 Å². The van der Waals surface area contributed by atoms with Crippen LogP contribution >= 0.6 is 0 Å². The lowest BCUT2D eigenvalue weighted by Crippen LogP contribution is -2.30. The average Bonchev–Trinajstić information content (AvgIpc) is 3.07. The molecule has 0 spiro atoms. The van der Waals surface area contributed by atoms with E-state index in [0.717, 1.165) is 40.4 Å². The summed E-state index contributed by atoms with van der Waals surface area (Å²) in [5.74, 6) is 0.888. The average molecular weight is 249 g/mol. The maximum Gasteiger partial charge on any atom is 0.385 e. The van der Waals surface area contributed by atoms with Gasteiger partial charge in [-0.3, -0.25) is 14.4 Å². The van der Waals surface area contributed by atoms with Gasteiger partial charge in [-0.1, -0.05) is 0 Å². The molecule has 90 valence electrons. The molecule has 0 N–H and O–H groups in total. The molecular formula is C14H9N4O+. The van der Waals surface area contributed by atoms with Crippen molar-refractivity contribution < 1.29 is 8.98 Å². The number of fused-ring (bicyclic) bond motifs is 7. The van der Waals surface area contributed by atoms with Crippen LogP contribution in [0.2, 0.25) is 0 Å². The van der Waals surface area contributed by atoms with Gasteiger partial charge in [0.15, 0.2) is 6.54 Å². The summed E-state index contributed by atoms with van der Waals surface area (Å²) in [5.41, 5.74) is 5.14. The molecule has 0 aromatic carbocycles. The highest BCUT2D eigenvalue weighted by Crippen LogP contribution is 2.30. The molecule has 0 saturated heterocycles. The Morgan fingerprint density at radius 3 is 3.32 bits per heavy atom. The number of aromatic nitrogens is 4. The molecule has 1 aliphatic rings. The lowest BCUT2D eigenvalue weighted by atomic mass is 10.2. The molecule has 0 amide bonds. The van der Waals surface area contributed by atoms with Crippen molar-refractivity contribution in [1.29, 1.82) is 0 Å². The smallest absolute Gasteiger partial charge is 0.380 e. The van der Waals surface area contributed by atoms with E-state index in [1.54, 1.807) is 6.20 Å². The molecule has 19 heavy (non-hydrogen) atoms. The second kappa shape index (κ2) is 3.00. The summed E-state index contributed by atoms with van der Waals surface area (Å²) in [7, 11) is 0. The van der Waals surface area contributed by atoms with Gasteiger partial charge in [-0.25, -0.2) is 0 Å². The fourth-order valence-corrected chi connectivity index (χ4v) is 2.81. The zero-order chi connectivity index (χ0) is 12.4. The maximum absolute atomic E-state index is 6.05. The van der Waals surface area contributed by atoms with Crippen molar-refractivity contribution in [2.24, 2.45) is 0 Å². The molecule has 4 aromatic rings. The Labute approximate surface area is 107 Å². The van der Waals surface area contributed by atoms with Crippen LogP contribution in [0.3, 0.4) is 0 Å². The maximum atomic E-state index is 6.05. The summed E-state index contributed by atoms with van der Waals surface area (Å²) >= 11 is 0. The zero-order valence-corrected chi connectivity index (χ0v) is 9.95. The van der Waals surface area contributed by atoms with Crippen molar-refractivity contribution in [2.75, 3.05) is 0 Å². The Bertz CT molecular complexity index is 951. The van der Waals surface area contributed by atoms with E-state index in [-0.39, 0.29) is 0 Å². The first kappa shape index (κ1) is 9.27. The normalized spacial score (nSPS) is 13.1. The third-order valence-corrected chi connectivity index (χ3v) is 3.67. The summed E-state index contributed by atoms with van der Waals surface area (Å²) in [6.07, 6.45) is 7.34. The van der Waals surface area contributed by atoms with Gasteiger partial charge in [0, 0.05) is 24.7 Å². The van der Waals surface area contributed by atoms with Gasteiger partial charge in [0.2, 0.25) is 0 Å². The van der Waals surface area contributed by atoms with E-state index in [1.165, 1.54) is 0 Å². The first-order valence-corrected chi connectivity index (χ1v) is 6.13. The first-order chi connectivity index (χ1) is 9.42. The van der Waals surface area contributed by atoms with Crippen molar-refractivity contribution in [3.05, 3.63) is 48.7 Å². The molecule has 5 heteroatoms. The van der Waals surface area contributed by atoms with Crippen LogP contribution in [-0.4, -0.2) is 14.4 Å².